The highest BCUT2D eigenvalue weighted by molar-refractivity contribution is 5.77. The SMILES string of the molecule is COCCNc1ccc(-c2noc([C@@H]3CCCN3Cc3cc4ccccc4o3)n2)cn1. The number of rotatable bonds is 8. The summed E-state index contributed by atoms with van der Waals surface area (Å²) in [7, 11) is 1.67. The van der Waals surface area contributed by atoms with Gasteiger partial charge in [-0.25, -0.2) is 4.98 Å². The molecule has 4 aromatic rings. The van der Waals surface area contributed by atoms with Crippen LogP contribution in [-0.2, 0) is 11.3 Å². The van der Waals surface area contributed by atoms with Crippen molar-refractivity contribution in [2.24, 2.45) is 0 Å². The molecule has 0 saturated carbocycles. The van der Waals surface area contributed by atoms with Crippen LogP contribution in [0.4, 0.5) is 5.82 Å². The topological polar surface area (TPSA) is 89.5 Å². The molecule has 1 fully saturated rings. The second-order valence-electron chi connectivity index (χ2n) is 7.69. The number of aromatic nitrogens is 3. The maximum atomic E-state index is 6.00. The van der Waals surface area contributed by atoms with E-state index in [0.29, 0.717) is 24.9 Å². The molecule has 1 atom stereocenters. The van der Waals surface area contributed by atoms with Gasteiger partial charge < -0.3 is 19.0 Å². The third kappa shape index (κ3) is 4.30. The minimum atomic E-state index is 0.0948. The molecule has 4 heterocycles. The Morgan fingerprint density at radius 1 is 1.23 bits per heavy atom. The van der Waals surface area contributed by atoms with Crippen molar-refractivity contribution in [3.63, 3.8) is 0 Å². The van der Waals surface area contributed by atoms with Gasteiger partial charge in [0, 0.05) is 30.8 Å². The molecule has 8 heteroatoms. The van der Waals surface area contributed by atoms with Gasteiger partial charge in [-0.15, -0.1) is 0 Å². The first-order valence-corrected chi connectivity index (χ1v) is 10.5. The number of nitrogens with zero attached hydrogens (tertiary/aromatic N) is 4. The summed E-state index contributed by atoms with van der Waals surface area (Å²) in [4.78, 5) is 11.4. The molecule has 160 valence electrons. The number of para-hydroxylation sites is 1. The molecule has 0 amide bonds. The molecule has 0 aliphatic carbocycles. The molecule has 3 aromatic heterocycles. The molecule has 1 aromatic carbocycles. The molecular weight excluding hydrogens is 394 g/mol. The standard InChI is InChI=1S/C23H25N5O3/c1-29-12-10-24-21-9-8-17(14-25-21)22-26-23(31-27-22)19-6-4-11-28(19)15-18-13-16-5-2-3-7-20(16)30-18/h2-3,5,7-9,13-14,19H,4,6,10-12,15H2,1H3,(H,24,25)/t19-/m0/s1. The Morgan fingerprint density at radius 3 is 3.00 bits per heavy atom. The number of furan rings is 1. The number of pyridine rings is 1. The zero-order chi connectivity index (χ0) is 21.0. The summed E-state index contributed by atoms with van der Waals surface area (Å²) in [6, 6.07) is 14.1. The average molecular weight is 419 g/mol. The Hall–Kier alpha value is -3.23. The number of likely N-dealkylation sites (tertiary alicyclic amines) is 1. The van der Waals surface area contributed by atoms with Crippen molar-refractivity contribution < 1.29 is 13.7 Å². The number of methoxy groups -OCH3 is 1. The lowest BCUT2D eigenvalue weighted by molar-refractivity contribution is 0.190. The van der Waals surface area contributed by atoms with E-state index in [0.717, 1.165) is 54.0 Å². The maximum Gasteiger partial charge on any atom is 0.244 e. The normalized spacial score (nSPS) is 16.9. The number of benzene rings is 1. The molecule has 0 unspecified atom stereocenters. The quantitative estimate of drug-likeness (QED) is 0.424. The maximum absolute atomic E-state index is 6.00. The van der Waals surface area contributed by atoms with E-state index in [1.807, 2.05) is 30.3 Å². The van der Waals surface area contributed by atoms with Gasteiger partial charge in [-0.2, -0.15) is 4.98 Å². The van der Waals surface area contributed by atoms with Gasteiger partial charge in [0.15, 0.2) is 0 Å². The van der Waals surface area contributed by atoms with E-state index in [9.17, 15) is 0 Å². The molecule has 0 radical (unpaired) electrons. The fourth-order valence-electron chi connectivity index (χ4n) is 4.01. The molecule has 0 bridgehead atoms. The highest BCUT2D eigenvalue weighted by Gasteiger charge is 2.31. The van der Waals surface area contributed by atoms with E-state index < -0.39 is 0 Å². The Morgan fingerprint density at radius 2 is 2.16 bits per heavy atom. The summed E-state index contributed by atoms with van der Waals surface area (Å²) in [5.41, 5.74) is 1.75. The fourth-order valence-corrected chi connectivity index (χ4v) is 4.01. The zero-order valence-electron chi connectivity index (χ0n) is 17.5. The molecule has 8 nitrogen and oxygen atoms in total. The van der Waals surface area contributed by atoms with Gasteiger partial charge in [0.05, 0.1) is 19.2 Å². The van der Waals surface area contributed by atoms with Crippen molar-refractivity contribution in [2.75, 3.05) is 32.1 Å². The molecule has 31 heavy (non-hydrogen) atoms. The van der Waals surface area contributed by atoms with Crippen molar-refractivity contribution >= 4 is 16.8 Å². The van der Waals surface area contributed by atoms with Crippen LogP contribution in [0, 0.1) is 0 Å². The summed E-state index contributed by atoms with van der Waals surface area (Å²) in [6.07, 6.45) is 3.83. The van der Waals surface area contributed by atoms with E-state index in [1.165, 1.54) is 0 Å². The van der Waals surface area contributed by atoms with E-state index in [2.05, 4.69) is 37.5 Å². The van der Waals surface area contributed by atoms with E-state index in [4.69, 9.17) is 13.7 Å². The zero-order valence-corrected chi connectivity index (χ0v) is 17.5. The first-order chi connectivity index (χ1) is 15.3. The highest BCUT2D eigenvalue weighted by atomic mass is 16.5. The number of hydrogen-bond acceptors (Lipinski definition) is 8. The van der Waals surface area contributed by atoms with E-state index >= 15 is 0 Å². The molecule has 0 spiro atoms. The minimum Gasteiger partial charge on any atom is -0.460 e. The fraction of sp³-hybridized carbons (Fsp3) is 0.348. The molecule has 1 aliphatic rings. The van der Waals surface area contributed by atoms with Crippen LogP contribution in [0.25, 0.3) is 22.4 Å². The largest absolute Gasteiger partial charge is 0.460 e. The van der Waals surface area contributed by atoms with Gasteiger partial charge in [0.25, 0.3) is 0 Å². The van der Waals surface area contributed by atoms with Gasteiger partial charge in [-0.05, 0) is 43.7 Å². The molecule has 1 N–H and O–H groups in total. The van der Waals surface area contributed by atoms with Crippen LogP contribution in [0.1, 0.15) is 30.5 Å². The predicted octanol–water partition coefficient (Wildman–Crippen LogP) is 4.27. The number of nitrogens with one attached hydrogen (secondary N) is 1. The number of ether oxygens (including phenoxy) is 1. The van der Waals surface area contributed by atoms with Crippen LogP contribution in [0.5, 0.6) is 0 Å². The summed E-state index contributed by atoms with van der Waals surface area (Å²) in [6.45, 7) is 3.03. The Kier molecular flexibility index (Phi) is 5.64. The predicted molar refractivity (Wildman–Crippen MR) is 116 cm³/mol. The van der Waals surface area contributed by atoms with Crippen molar-refractivity contribution in [2.45, 2.75) is 25.4 Å². The smallest absolute Gasteiger partial charge is 0.244 e. The lowest BCUT2D eigenvalue weighted by Gasteiger charge is -2.19. The van der Waals surface area contributed by atoms with Crippen LogP contribution in [0.2, 0.25) is 0 Å². The van der Waals surface area contributed by atoms with Gasteiger partial charge in [-0.1, -0.05) is 23.4 Å². The minimum absolute atomic E-state index is 0.0948. The van der Waals surface area contributed by atoms with Crippen molar-refractivity contribution in [1.29, 1.82) is 0 Å². The summed E-state index contributed by atoms with van der Waals surface area (Å²) in [5, 5.41) is 8.52. The lowest BCUT2D eigenvalue weighted by Crippen LogP contribution is -2.22. The molecule has 5 rings (SSSR count). The van der Waals surface area contributed by atoms with E-state index in [-0.39, 0.29) is 6.04 Å². The number of anilines is 1. The first kappa shape index (κ1) is 19.7. The average Bonchev–Trinajstić information content (AvgIpc) is 3.53. The van der Waals surface area contributed by atoms with Crippen LogP contribution in [-0.4, -0.2) is 46.8 Å². The van der Waals surface area contributed by atoms with Crippen LogP contribution in [0.15, 0.2) is 57.6 Å². The summed E-state index contributed by atoms with van der Waals surface area (Å²) in [5.74, 6) is 2.94. The van der Waals surface area contributed by atoms with Crippen LogP contribution in [0.3, 0.4) is 0 Å². The van der Waals surface area contributed by atoms with Crippen molar-refractivity contribution in [3.05, 3.63) is 60.3 Å². The second-order valence-corrected chi connectivity index (χ2v) is 7.69. The van der Waals surface area contributed by atoms with Crippen LogP contribution < -0.4 is 5.32 Å². The third-order valence-corrected chi connectivity index (χ3v) is 5.56. The summed E-state index contributed by atoms with van der Waals surface area (Å²) < 4.78 is 16.7. The number of hydrogen-bond donors (Lipinski definition) is 1. The van der Waals surface area contributed by atoms with Crippen molar-refractivity contribution in [3.8, 4) is 11.4 Å². The van der Waals surface area contributed by atoms with Crippen LogP contribution >= 0.6 is 0 Å². The molecule has 1 aliphatic heterocycles. The first-order valence-electron chi connectivity index (χ1n) is 10.5. The van der Waals surface area contributed by atoms with Gasteiger partial charge in [0.1, 0.15) is 17.2 Å². The van der Waals surface area contributed by atoms with Gasteiger partial charge >= 0.3 is 0 Å². The third-order valence-electron chi connectivity index (χ3n) is 5.56. The number of fused-ring (bicyclic) bond motifs is 1. The van der Waals surface area contributed by atoms with Gasteiger partial charge in [0.2, 0.25) is 11.7 Å². The highest BCUT2D eigenvalue weighted by Crippen LogP contribution is 2.34. The summed E-state index contributed by atoms with van der Waals surface area (Å²) >= 11 is 0. The monoisotopic (exact) mass is 419 g/mol. The Labute approximate surface area is 180 Å². The Balaban J connectivity index is 1.28. The second kappa shape index (κ2) is 8.87. The molecule has 1 saturated heterocycles. The van der Waals surface area contributed by atoms with Crippen molar-refractivity contribution in [1.82, 2.24) is 20.0 Å². The molecular formula is C23H25N5O3. The van der Waals surface area contributed by atoms with Gasteiger partial charge in [-0.3, -0.25) is 4.90 Å². The van der Waals surface area contributed by atoms with E-state index in [1.54, 1.807) is 13.3 Å². The lowest BCUT2D eigenvalue weighted by atomic mass is 10.2. The Bertz CT molecular complexity index is 1100.